The van der Waals surface area contributed by atoms with E-state index in [2.05, 4.69) is 45.9 Å². The van der Waals surface area contributed by atoms with Crippen molar-refractivity contribution in [2.75, 3.05) is 18.0 Å². The van der Waals surface area contributed by atoms with Crippen molar-refractivity contribution in [2.45, 2.75) is 58.5 Å². The maximum Gasteiger partial charge on any atom is 0.225 e. The van der Waals surface area contributed by atoms with Crippen LogP contribution in [0, 0.1) is 6.92 Å². The van der Waals surface area contributed by atoms with Crippen molar-refractivity contribution in [3.05, 3.63) is 39.8 Å². The summed E-state index contributed by atoms with van der Waals surface area (Å²) in [6, 6.07) is 2.42. The molecule has 1 N–H and O–H groups in total. The Kier molecular flexibility index (Phi) is 6.21. The summed E-state index contributed by atoms with van der Waals surface area (Å²) in [5.74, 6) is 0.906. The summed E-state index contributed by atoms with van der Waals surface area (Å²) in [4.78, 5) is 11.9. The van der Waals surface area contributed by atoms with Gasteiger partial charge in [-0.25, -0.2) is 9.97 Å². The monoisotopic (exact) mass is 344 g/mol. The van der Waals surface area contributed by atoms with Crippen molar-refractivity contribution in [2.24, 2.45) is 0 Å². The van der Waals surface area contributed by atoms with Gasteiger partial charge in [0.25, 0.3) is 0 Å². The van der Waals surface area contributed by atoms with Crippen LogP contribution in [0.5, 0.6) is 0 Å². The number of rotatable bonds is 5. The predicted octanol–water partition coefficient (Wildman–Crippen LogP) is 4.47. The van der Waals surface area contributed by atoms with Crippen molar-refractivity contribution in [1.82, 2.24) is 15.3 Å². The van der Waals surface area contributed by atoms with E-state index in [-0.39, 0.29) is 6.04 Å². The smallest absolute Gasteiger partial charge is 0.225 e. The molecule has 0 unspecified atom stereocenters. The molecule has 0 aromatic carbocycles. The molecule has 3 heterocycles. The maximum absolute atomic E-state index is 4.81. The van der Waals surface area contributed by atoms with Crippen molar-refractivity contribution in [3.63, 3.8) is 0 Å². The van der Waals surface area contributed by atoms with Crippen LogP contribution in [0.1, 0.15) is 61.9 Å². The molecule has 5 heteroatoms. The van der Waals surface area contributed by atoms with Gasteiger partial charge in [0.15, 0.2) is 0 Å². The highest BCUT2D eigenvalue weighted by molar-refractivity contribution is 7.07. The minimum absolute atomic E-state index is 0.256. The minimum Gasteiger partial charge on any atom is -0.341 e. The summed E-state index contributed by atoms with van der Waals surface area (Å²) >= 11 is 1.74. The molecular weight excluding hydrogens is 316 g/mol. The summed E-state index contributed by atoms with van der Waals surface area (Å²) < 4.78 is 0. The minimum atomic E-state index is 0.256. The molecule has 130 valence electrons. The molecule has 4 nitrogen and oxygen atoms in total. The second-order valence-corrected chi connectivity index (χ2v) is 7.48. The number of nitrogens with one attached hydrogen (secondary N) is 1. The van der Waals surface area contributed by atoms with Gasteiger partial charge in [-0.2, -0.15) is 11.3 Å². The quantitative estimate of drug-likeness (QED) is 0.869. The first kappa shape index (κ1) is 17.4. The third-order valence-corrected chi connectivity index (χ3v) is 5.53. The first-order chi connectivity index (χ1) is 11.7. The highest BCUT2D eigenvalue weighted by atomic mass is 32.1. The second kappa shape index (κ2) is 8.58. The molecule has 0 aliphatic carbocycles. The fourth-order valence-corrected chi connectivity index (χ4v) is 3.93. The first-order valence-electron chi connectivity index (χ1n) is 9.07. The van der Waals surface area contributed by atoms with E-state index >= 15 is 0 Å². The number of thiophene rings is 1. The molecule has 0 radical (unpaired) electrons. The highest BCUT2D eigenvalue weighted by Gasteiger charge is 2.15. The molecule has 0 spiro atoms. The summed E-state index contributed by atoms with van der Waals surface area (Å²) in [6.07, 6.45) is 8.56. The molecule has 0 amide bonds. The number of anilines is 1. The van der Waals surface area contributed by atoms with Gasteiger partial charge in [0.1, 0.15) is 0 Å². The summed E-state index contributed by atoms with van der Waals surface area (Å²) in [5.41, 5.74) is 3.62. The zero-order chi connectivity index (χ0) is 16.8. The highest BCUT2D eigenvalue weighted by Crippen LogP contribution is 2.20. The van der Waals surface area contributed by atoms with Gasteiger partial charge in [0.05, 0.1) is 0 Å². The number of hydrogen-bond donors (Lipinski definition) is 1. The van der Waals surface area contributed by atoms with Crippen molar-refractivity contribution in [3.8, 4) is 0 Å². The van der Waals surface area contributed by atoms with Crippen LogP contribution in [0.2, 0.25) is 0 Å². The Morgan fingerprint density at radius 3 is 2.62 bits per heavy atom. The van der Waals surface area contributed by atoms with E-state index < -0.39 is 0 Å². The van der Waals surface area contributed by atoms with Crippen molar-refractivity contribution in [1.29, 1.82) is 0 Å². The van der Waals surface area contributed by atoms with Gasteiger partial charge < -0.3 is 10.2 Å². The molecule has 3 rings (SSSR count). The number of hydrogen-bond acceptors (Lipinski definition) is 5. The zero-order valence-electron chi connectivity index (χ0n) is 14.8. The molecule has 1 aliphatic heterocycles. The Hall–Kier alpha value is -1.46. The number of aromatic nitrogens is 2. The molecule has 0 bridgehead atoms. The third-order valence-electron chi connectivity index (χ3n) is 4.80. The molecule has 1 atom stereocenters. The van der Waals surface area contributed by atoms with E-state index in [0.29, 0.717) is 0 Å². The van der Waals surface area contributed by atoms with E-state index in [1.165, 1.54) is 43.2 Å². The molecule has 2 aromatic rings. The average Bonchev–Trinajstić information content (AvgIpc) is 3.05. The Bertz CT molecular complexity index is 618. The molecule has 24 heavy (non-hydrogen) atoms. The molecule has 1 fully saturated rings. The van der Waals surface area contributed by atoms with Gasteiger partial charge >= 0.3 is 0 Å². The van der Waals surface area contributed by atoms with Crippen LogP contribution >= 0.6 is 11.3 Å². The predicted molar refractivity (Wildman–Crippen MR) is 102 cm³/mol. The molecule has 2 aromatic heterocycles. The Labute approximate surface area is 149 Å². The average molecular weight is 345 g/mol. The third kappa shape index (κ3) is 4.54. The van der Waals surface area contributed by atoms with E-state index in [4.69, 9.17) is 4.98 Å². The Morgan fingerprint density at radius 2 is 1.96 bits per heavy atom. The van der Waals surface area contributed by atoms with Gasteiger partial charge in [0, 0.05) is 43.1 Å². The Balaban J connectivity index is 1.64. The van der Waals surface area contributed by atoms with Crippen LogP contribution in [0.25, 0.3) is 0 Å². The van der Waals surface area contributed by atoms with Crippen LogP contribution in [0.3, 0.4) is 0 Å². The number of aryl methyl sites for hydroxylation is 1. The fourth-order valence-electron chi connectivity index (χ4n) is 3.26. The molecule has 0 saturated carbocycles. The van der Waals surface area contributed by atoms with Crippen LogP contribution in [-0.4, -0.2) is 23.1 Å². The molecule has 1 aliphatic rings. The fraction of sp³-hybridized carbons (Fsp3) is 0.579. The SMILES string of the molecule is Cc1nc(N2CCCCCCC2)ncc1[C@H](C)NCc1ccsc1. The Morgan fingerprint density at radius 1 is 1.21 bits per heavy atom. The number of nitrogens with zero attached hydrogens (tertiary/aromatic N) is 3. The zero-order valence-corrected chi connectivity index (χ0v) is 15.6. The van der Waals surface area contributed by atoms with Gasteiger partial charge in [-0.1, -0.05) is 19.3 Å². The van der Waals surface area contributed by atoms with E-state index in [9.17, 15) is 0 Å². The lowest BCUT2D eigenvalue weighted by atomic mass is 10.1. The molecular formula is C19H28N4S. The summed E-state index contributed by atoms with van der Waals surface area (Å²) in [6.45, 7) is 7.36. The largest absolute Gasteiger partial charge is 0.341 e. The first-order valence-corrected chi connectivity index (χ1v) is 10.0. The lowest BCUT2D eigenvalue weighted by molar-refractivity contribution is 0.546. The summed E-state index contributed by atoms with van der Waals surface area (Å²) in [5, 5.41) is 7.88. The van der Waals surface area contributed by atoms with E-state index in [1.54, 1.807) is 11.3 Å². The maximum atomic E-state index is 4.81. The van der Waals surface area contributed by atoms with E-state index in [0.717, 1.165) is 31.3 Å². The van der Waals surface area contributed by atoms with Crippen LogP contribution in [0.15, 0.2) is 23.0 Å². The van der Waals surface area contributed by atoms with E-state index in [1.807, 2.05) is 6.20 Å². The summed E-state index contributed by atoms with van der Waals surface area (Å²) in [7, 11) is 0. The lowest BCUT2D eigenvalue weighted by Crippen LogP contribution is -2.29. The topological polar surface area (TPSA) is 41.1 Å². The van der Waals surface area contributed by atoms with Crippen LogP contribution < -0.4 is 10.2 Å². The van der Waals surface area contributed by atoms with Crippen LogP contribution in [-0.2, 0) is 6.54 Å². The van der Waals surface area contributed by atoms with Gasteiger partial charge in [-0.15, -0.1) is 0 Å². The van der Waals surface area contributed by atoms with Gasteiger partial charge in [-0.05, 0) is 49.1 Å². The second-order valence-electron chi connectivity index (χ2n) is 6.70. The normalized spacial score (nSPS) is 17.3. The van der Waals surface area contributed by atoms with Crippen LogP contribution in [0.4, 0.5) is 5.95 Å². The van der Waals surface area contributed by atoms with Crippen molar-refractivity contribution < 1.29 is 0 Å². The van der Waals surface area contributed by atoms with Gasteiger partial charge in [0.2, 0.25) is 5.95 Å². The van der Waals surface area contributed by atoms with Gasteiger partial charge in [-0.3, -0.25) is 0 Å². The molecule has 1 saturated heterocycles. The standard InChI is InChI=1S/C19H28N4S/c1-15(20-12-17-8-11-24-14-17)18-13-21-19(22-16(18)2)23-9-6-4-3-5-7-10-23/h8,11,13-15,20H,3-7,9-10,12H2,1-2H3/t15-/m0/s1. The van der Waals surface area contributed by atoms with Crippen molar-refractivity contribution >= 4 is 17.3 Å². The lowest BCUT2D eigenvalue weighted by Gasteiger charge is -2.25.